The van der Waals surface area contributed by atoms with E-state index in [4.69, 9.17) is 4.74 Å². The fraction of sp³-hybridized carbons (Fsp3) is 0.385. The molecular weight excluding hydrogens is 469 g/mol. The highest BCUT2D eigenvalue weighted by Gasteiger charge is 2.31. The number of aromatic nitrogens is 2. The molecule has 2 aliphatic rings. The van der Waals surface area contributed by atoms with Crippen LogP contribution in [0.2, 0.25) is 0 Å². The van der Waals surface area contributed by atoms with E-state index in [-0.39, 0.29) is 30.0 Å². The number of benzene rings is 2. The lowest BCUT2D eigenvalue weighted by atomic mass is 9.91. The zero-order valence-electron chi connectivity index (χ0n) is 19.8. The lowest BCUT2D eigenvalue weighted by molar-refractivity contribution is 0.0744. The van der Waals surface area contributed by atoms with Gasteiger partial charge in [-0.3, -0.25) is 4.79 Å². The van der Waals surface area contributed by atoms with Gasteiger partial charge in [-0.2, -0.15) is 5.10 Å². The van der Waals surface area contributed by atoms with Crippen molar-refractivity contribution in [2.24, 2.45) is 0 Å². The summed E-state index contributed by atoms with van der Waals surface area (Å²) < 4.78 is 21.2. The van der Waals surface area contributed by atoms with Crippen LogP contribution in [0.15, 0.2) is 54.7 Å². The molecule has 0 aliphatic carbocycles. The van der Waals surface area contributed by atoms with Gasteiger partial charge in [-0.25, -0.2) is 9.07 Å². The quantitative estimate of drug-likeness (QED) is 0.577. The van der Waals surface area contributed by atoms with Gasteiger partial charge in [0.1, 0.15) is 11.6 Å². The maximum Gasteiger partial charge on any atom is 0.257 e. The Morgan fingerprint density at radius 1 is 1.06 bits per heavy atom. The molecule has 2 aliphatic heterocycles. The van der Waals surface area contributed by atoms with Crippen LogP contribution in [-0.2, 0) is 0 Å². The highest BCUT2D eigenvalue weighted by Crippen LogP contribution is 2.32. The first-order valence-electron chi connectivity index (χ1n) is 11.9. The van der Waals surface area contributed by atoms with E-state index in [1.807, 2.05) is 29.2 Å². The number of hydrogen-bond donors (Lipinski definition) is 1. The van der Waals surface area contributed by atoms with Crippen molar-refractivity contribution < 1.29 is 13.9 Å². The average Bonchev–Trinajstić information content (AvgIpc) is 3.34. The monoisotopic (exact) mass is 499 g/mol. The number of ether oxygens (including phenoxy) is 1. The Bertz CT molecular complexity index is 1160. The van der Waals surface area contributed by atoms with Gasteiger partial charge in [0.25, 0.3) is 5.91 Å². The lowest BCUT2D eigenvalue weighted by Gasteiger charge is -2.37. The third kappa shape index (κ3) is 5.13. The lowest BCUT2D eigenvalue weighted by Crippen LogP contribution is -2.49. The molecule has 2 fully saturated rings. The van der Waals surface area contributed by atoms with Crippen molar-refractivity contribution in [1.29, 1.82) is 0 Å². The van der Waals surface area contributed by atoms with Crippen LogP contribution < -0.4 is 15.0 Å². The van der Waals surface area contributed by atoms with Crippen LogP contribution in [0.4, 0.5) is 10.1 Å². The number of anilines is 1. The molecule has 35 heavy (non-hydrogen) atoms. The Labute approximate surface area is 211 Å². The van der Waals surface area contributed by atoms with Crippen molar-refractivity contribution in [2.45, 2.75) is 18.8 Å². The first-order chi connectivity index (χ1) is 16.7. The number of nitrogens with zero attached hydrogens (tertiary/aromatic N) is 4. The highest BCUT2D eigenvalue weighted by atomic mass is 35.5. The molecule has 0 atom stereocenters. The SMILES string of the molecule is COc1ccccc1N1CCN(C(=O)c2cnn(-c3cccc(F)c3)c2C2CCNCC2)CC1.Cl. The molecular formula is C26H31ClFN5O2. The van der Waals surface area contributed by atoms with E-state index in [0.717, 1.165) is 56.2 Å². The largest absolute Gasteiger partial charge is 0.495 e. The second-order valence-corrected chi connectivity index (χ2v) is 8.81. The third-order valence-corrected chi connectivity index (χ3v) is 6.81. The smallest absolute Gasteiger partial charge is 0.257 e. The molecule has 3 heterocycles. The predicted molar refractivity (Wildman–Crippen MR) is 137 cm³/mol. The molecule has 7 nitrogen and oxygen atoms in total. The van der Waals surface area contributed by atoms with Gasteiger partial charge in [-0.05, 0) is 56.3 Å². The molecule has 5 rings (SSSR count). The van der Waals surface area contributed by atoms with Gasteiger partial charge in [0.05, 0.1) is 35.9 Å². The Morgan fingerprint density at radius 2 is 1.80 bits per heavy atom. The molecule has 9 heteroatoms. The Kier molecular flexibility index (Phi) is 7.93. The second-order valence-electron chi connectivity index (χ2n) is 8.81. The van der Waals surface area contributed by atoms with Gasteiger partial charge in [0, 0.05) is 32.1 Å². The van der Waals surface area contributed by atoms with Gasteiger partial charge in [-0.15, -0.1) is 12.4 Å². The zero-order valence-corrected chi connectivity index (χ0v) is 20.6. The van der Waals surface area contributed by atoms with E-state index >= 15 is 0 Å². The molecule has 1 N–H and O–H groups in total. The van der Waals surface area contributed by atoms with Crippen LogP contribution >= 0.6 is 12.4 Å². The van der Waals surface area contributed by atoms with E-state index in [9.17, 15) is 9.18 Å². The molecule has 0 bridgehead atoms. The molecule has 0 radical (unpaired) electrons. The highest BCUT2D eigenvalue weighted by molar-refractivity contribution is 5.95. The number of halogens is 2. The average molecular weight is 500 g/mol. The van der Waals surface area contributed by atoms with Crippen molar-refractivity contribution in [2.75, 3.05) is 51.3 Å². The zero-order chi connectivity index (χ0) is 23.5. The van der Waals surface area contributed by atoms with Gasteiger partial charge in [0.2, 0.25) is 0 Å². The van der Waals surface area contributed by atoms with E-state index in [1.54, 1.807) is 24.1 Å². The molecule has 2 saturated heterocycles. The predicted octanol–water partition coefficient (Wildman–Crippen LogP) is 3.87. The van der Waals surface area contributed by atoms with E-state index < -0.39 is 0 Å². The summed E-state index contributed by atoms with van der Waals surface area (Å²) >= 11 is 0. The van der Waals surface area contributed by atoms with Crippen LogP contribution in [0, 0.1) is 5.82 Å². The Morgan fingerprint density at radius 3 is 2.51 bits per heavy atom. The summed E-state index contributed by atoms with van der Waals surface area (Å²) in [4.78, 5) is 17.8. The number of hydrogen-bond acceptors (Lipinski definition) is 5. The summed E-state index contributed by atoms with van der Waals surface area (Å²) in [7, 11) is 1.68. The maximum atomic E-state index is 14.0. The number of piperidine rings is 1. The van der Waals surface area contributed by atoms with Crippen LogP contribution in [-0.4, -0.2) is 67.0 Å². The normalized spacial score (nSPS) is 16.6. The Balaban J connectivity index is 0.00000289. The number of carbonyl (C=O) groups is 1. The second kappa shape index (κ2) is 11.1. The van der Waals surface area contributed by atoms with Gasteiger partial charge < -0.3 is 19.9 Å². The van der Waals surface area contributed by atoms with Crippen molar-refractivity contribution in [1.82, 2.24) is 20.0 Å². The maximum absolute atomic E-state index is 14.0. The van der Waals surface area contributed by atoms with Crippen molar-refractivity contribution in [3.63, 3.8) is 0 Å². The topological polar surface area (TPSA) is 62.6 Å². The first kappa shape index (κ1) is 25.0. The summed E-state index contributed by atoms with van der Waals surface area (Å²) in [6, 6.07) is 14.4. The first-order valence-corrected chi connectivity index (χ1v) is 11.9. The number of para-hydroxylation sites is 2. The van der Waals surface area contributed by atoms with E-state index in [0.29, 0.717) is 24.3 Å². The molecule has 3 aromatic rings. The molecule has 1 amide bonds. The summed E-state index contributed by atoms with van der Waals surface area (Å²) in [5.41, 5.74) is 3.21. The number of rotatable bonds is 5. The summed E-state index contributed by atoms with van der Waals surface area (Å²) in [6.45, 7) is 4.48. The molecule has 1 aromatic heterocycles. The minimum Gasteiger partial charge on any atom is -0.495 e. The van der Waals surface area contributed by atoms with Gasteiger partial charge in [0.15, 0.2) is 0 Å². The number of piperazine rings is 1. The standard InChI is InChI=1S/C26H30FN5O2.ClH/c1-34-24-8-3-2-7-23(24)30-13-15-31(16-14-30)26(33)22-18-29-32(21-6-4-5-20(27)17-21)25(22)19-9-11-28-12-10-19;/h2-8,17-19,28H,9-16H2,1H3;1H. The minimum atomic E-state index is -0.315. The molecule has 2 aromatic carbocycles. The fourth-order valence-electron chi connectivity index (χ4n) is 5.04. The van der Waals surface area contributed by atoms with Crippen molar-refractivity contribution in [3.8, 4) is 11.4 Å². The number of nitrogens with one attached hydrogen (secondary N) is 1. The van der Waals surface area contributed by atoms with Gasteiger partial charge in [-0.1, -0.05) is 18.2 Å². The van der Waals surface area contributed by atoms with E-state index in [2.05, 4.69) is 21.4 Å². The van der Waals surface area contributed by atoms with Gasteiger partial charge >= 0.3 is 0 Å². The van der Waals surface area contributed by atoms with Crippen LogP contribution in [0.5, 0.6) is 5.75 Å². The van der Waals surface area contributed by atoms with Crippen molar-refractivity contribution >= 4 is 24.0 Å². The molecule has 0 spiro atoms. The Hall–Kier alpha value is -3.10. The molecule has 0 saturated carbocycles. The van der Waals surface area contributed by atoms with Crippen LogP contribution in [0.25, 0.3) is 5.69 Å². The fourth-order valence-corrected chi connectivity index (χ4v) is 5.04. The summed E-state index contributed by atoms with van der Waals surface area (Å²) in [5, 5.41) is 7.95. The molecule has 186 valence electrons. The van der Waals surface area contributed by atoms with Crippen LogP contribution in [0.1, 0.15) is 34.8 Å². The minimum absolute atomic E-state index is 0. The van der Waals surface area contributed by atoms with Crippen molar-refractivity contribution in [3.05, 3.63) is 71.8 Å². The third-order valence-electron chi connectivity index (χ3n) is 6.81. The number of amides is 1. The number of carbonyl (C=O) groups excluding carboxylic acids is 1. The summed E-state index contributed by atoms with van der Waals surface area (Å²) in [5.74, 6) is 0.716. The summed E-state index contributed by atoms with van der Waals surface area (Å²) in [6.07, 6.45) is 3.50. The number of methoxy groups -OCH3 is 1. The molecule has 0 unspecified atom stereocenters. The van der Waals surface area contributed by atoms with Crippen LogP contribution in [0.3, 0.4) is 0 Å². The van der Waals surface area contributed by atoms with E-state index in [1.165, 1.54) is 12.1 Å².